The molecule has 0 aliphatic rings. The number of ether oxygens (including phenoxy) is 1. The highest BCUT2D eigenvalue weighted by Crippen LogP contribution is 2.18. The van der Waals surface area contributed by atoms with E-state index in [0.717, 1.165) is 29.4 Å². The maximum absolute atomic E-state index is 12.2. The Morgan fingerprint density at radius 1 is 1.52 bits per heavy atom. The van der Waals surface area contributed by atoms with Crippen molar-refractivity contribution >= 4 is 28.6 Å². The Balaban J connectivity index is 2.47. The molecule has 0 fully saturated rings. The standard InChI is InChI=1S/C15H26IN3O2/c1-5-21-14(20)15(4,18-12(2)3)8-6-7-9-19-11-13(16)10-17-19/h10-12,18H,5-9H2,1-4H3. The number of halogens is 1. The third-order valence-corrected chi connectivity index (χ3v) is 3.81. The first kappa shape index (κ1) is 18.4. The van der Waals surface area contributed by atoms with E-state index in [1.54, 1.807) is 0 Å². The molecule has 0 aliphatic carbocycles. The molecule has 0 radical (unpaired) electrons. The topological polar surface area (TPSA) is 56.2 Å². The van der Waals surface area contributed by atoms with Gasteiger partial charge in [0.15, 0.2) is 0 Å². The molecule has 0 aromatic carbocycles. The number of hydrogen-bond acceptors (Lipinski definition) is 4. The van der Waals surface area contributed by atoms with Crippen LogP contribution >= 0.6 is 22.6 Å². The number of aryl methyl sites for hydroxylation is 1. The van der Waals surface area contributed by atoms with Crippen molar-refractivity contribution in [2.24, 2.45) is 0 Å². The second-order valence-electron chi connectivity index (χ2n) is 5.73. The molecule has 120 valence electrons. The molecule has 1 aromatic rings. The minimum atomic E-state index is -0.608. The van der Waals surface area contributed by atoms with E-state index >= 15 is 0 Å². The van der Waals surface area contributed by atoms with E-state index < -0.39 is 5.54 Å². The van der Waals surface area contributed by atoms with Gasteiger partial charge in [-0.1, -0.05) is 0 Å². The van der Waals surface area contributed by atoms with E-state index in [0.29, 0.717) is 6.61 Å². The lowest BCUT2D eigenvalue weighted by Gasteiger charge is -2.30. The molecule has 5 nitrogen and oxygen atoms in total. The summed E-state index contributed by atoms with van der Waals surface area (Å²) in [5, 5.41) is 7.61. The molecule has 1 rings (SSSR count). The SMILES string of the molecule is CCOC(=O)C(C)(CCCCn1cc(I)cn1)NC(C)C. The van der Waals surface area contributed by atoms with E-state index in [9.17, 15) is 4.79 Å². The van der Waals surface area contributed by atoms with E-state index in [1.165, 1.54) is 0 Å². The fraction of sp³-hybridized carbons (Fsp3) is 0.733. The van der Waals surface area contributed by atoms with Gasteiger partial charge in [-0.25, -0.2) is 0 Å². The molecule has 0 bridgehead atoms. The summed E-state index contributed by atoms with van der Waals surface area (Å²) in [5.74, 6) is -0.160. The maximum Gasteiger partial charge on any atom is 0.326 e. The first-order chi connectivity index (χ1) is 9.87. The van der Waals surface area contributed by atoms with Crippen LogP contribution in [0.4, 0.5) is 0 Å². The smallest absolute Gasteiger partial charge is 0.326 e. The third kappa shape index (κ3) is 6.34. The summed E-state index contributed by atoms with van der Waals surface area (Å²) in [7, 11) is 0. The Bertz CT molecular complexity index is 448. The van der Waals surface area contributed by atoms with Gasteiger partial charge in [0.2, 0.25) is 0 Å². The zero-order chi connectivity index (χ0) is 15.9. The first-order valence-electron chi connectivity index (χ1n) is 7.50. The number of unbranched alkanes of at least 4 members (excludes halogenated alkanes) is 1. The molecule has 1 atom stereocenters. The van der Waals surface area contributed by atoms with Crippen LogP contribution in [0.25, 0.3) is 0 Å². The number of aromatic nitrogens is 2. The number of rotatable bonds is 9. The Labute approximate surface area is 141 Å². The molecule has 0 spiro atoms. The monoisotopic (exact) mass is 407 g/mol. The summed E-state index contributed by atoms with van der Waals surface area (Å²) in [6, 6.07) is 0.243. The summed E-state index contributed by atoms with van der Waals surface area (Å²) < 4.78 is 8.29. The molecular weight excluding hydrogens is 381 g/mol. The second-order valence-corrected chi connectivity index (χ2v) is 6.98. The van der Waals surface area contributed by atoms with Crippen molar-refractivity contribution < 1.29 is 9.53 Å². The van der Waals surface area contributed by atoms with Crippen LogP contribution < -0.4 is 5.32 Å². The van der Waals surface area contributed by atoms with E-state index in [-0.39, 0.29) is 12.0 Å². The fourth-order valence-electron chi connectivity index (χ4n) is 2.37. The highest BCUT2D eigenvalue weighted by Gasteiger charge is 2.34. The van der Waals surface area contributed by atoms with Crippen molar-refractivity contribution in [2.75, 3.05) is 6.61 Å². The zero-order valence-electron chi connectivity index (χ0n) is 13.4. The Hall–Kier alpha value is -0.630. The number of carbonyl (C=O) groups excluding carboxylic acids is 1. The summed E-state index contributed by atoms with van der Waals surface area (Å²) in [6.45, 7) is 9.16. The van der Waals surface area contributed by atoms with Crippen LogP contribution in [0, 0.1) is 3.57 Å². The maximum atomic E-state index is 12.2. The van der Waals surface area contributed by atoms with Gasteiger partial charge in [0.1, 0.15) is 5.54 Å². The van der Waals surface area contributed by atoms with Gasteiger partial charge >= 0.3 is 5.97 Å². The van der Waals surface area contributed by atoms with Gasteiger partial charge in [-0.2, -0.15) is 5.10 Å². The van der Waals surface area contributed by atoms with Crippen LogP contribution in [0.5, 0.6) is 0 Å². The number of esters is 1. The average molecular weight is 407 g/mol. The molecule has 1 unspecified atom stereocenters. The summed E-state index contributed by atoms with van der Waals surface area (Å²) in [4.78, 5) is 12.2. The van der Waals surface area contributed by atoms with Gasteiger partial charge in [0.05, 0.1) is 16.4 Å². The largest absolute Gasteiger partial charge is 0.465 e. The molecule has 21 heavy (non-hydrogen) atoms. The molecule has 0 saturated carbocycles. The molecule has 1 aromatic heterocycles. The second kappa shape index (κ2) is 8.73. The zero-order valence-corrected chi connectivity index (χ0v) is 15.5. The predicted octanol–water partition coefficient (Wildman–Crippen LogP) is 2.98. The molecule has 1 N–H and O–H groups in total. The van der Waals surface area contributed by atoms with Gasteiger partial charge in [-0.15, -0.1) is 0 Å². The normalized spacial score (nSPS) is 14.2. The van der Waals surface area contributed by atoms with Crippen molar-refractivity contribution in [3.05, 3.63) is 16.0 Å². The lowest BCUT2D eigenvalue weighted by molar-refractivity contribution is -0.151. The number of carbonyl (C=O) groups is 1. The van der Waals surface area contributed by atoms with Crippen LogP contribution in [-0.4, -0.2) is 33.9 Å². The quantitative estimate of drug-likeness (QED) is 0.389. The molecule has 1 heterocycles. The van der Waals surface area contributed by atoms with Crippen molar-refractivity contribution in [3.63, 3.8) is 0 Å². The number of nitrogens with one attached hydrogen (secondary N) is 1. The van der Waals surface area contributed by atoms with Crippen molar-refractivity contribution in [3.8, 4) is 0 Å². The summed E-state index contributed by atoms with van der Waals surface area (Å²) in [5.41, 5.74) is -0.608. The number of nitrogens with zero attached hydrogens (tertiary/aromatic N) is 2. The predicted molar refractivity (Wildman–Crippen MR) is 92.1 cm³/mol. The highest BCUT2D eigenvalue weighted by atomic mass is 127. The molecule has 0 aliphatic heterocycles. The third-order valence-electron chi connectivity index (χ3n) is 3.25. The van der Waals surface area contributed by atoms with Crippen LogP contribution in [0.3, 0.4) is 0 Å². The van der Waals surface area contributed by atoms with Gasteiger partial charge in [-0.3, -0.25) is 14.8 Å². The van der Waals surface area contributed by atoms with E-state index in [2.05, 4.69) is 33.0 Å². The van der Waals surface area contributed by atoms with Crippen molar-refractivity contribution in [2.45, 2.75) is 65.1 Å². The minimum absolute atomic E-state index is 0.160. The van der Waals surface area contributed by atoms with E-state index in [1.807, 2.05) is 44.8 Å². The van der Waals surface area contributed by atoms with Gasteiger partial charge in [-0.05, 0) is 69.5 Å². The number of hydrogen-bond donors (Lipinski definition) is 1. The molecule has 0 saturated heterocycles. The molecular formula is C15H26IN3O2. The molecule has 0 amide bonds. The average Bonchev–Trinajstić information content (AvgIpc) is 2.80. The van der Waals surface area contributed by atoms with E-state index in [4.69, 9.17) is 4.74 Å². The first-order valence-corrected chi connectivity index (χ1v) is 8.58. The van der Waals surface area contributed by atoms with Gasteiger partial charge < -0.3 is 4.74 Å². The summed E-state index contributed by atoms with van der Waals surface area (Å²) >= 11 is 2.25. The van der Waals surface area contributed by atoms with Crippen LogP contribution in [0.2, 0.25) is 0 Å². The van der Waals surface area contributed by atoms with Crippen LogP contribution in [0.1, 0.15) is 47.0 Å². The Kier molecular flexibility index (Phi) is 7.65. The summed E-state index contributed by atoms with van der Waals surface area (Å²) in [6.07, 6.45) is 6.58. The molecule has 6 heteroatoms. The van der Waals surface area contributed by atoms with Crippen LogP contribution in [-0.2, 0) is 16.1 Å². The van der Waals surface area contributed by atoms with Crippen molar-refractivity contribution in [1.29, 1.82) is 0 Å². The Morgan fingerprint density at radius 3 is 2.76 bits per heavy atom. The fourth-order valence-corrected chi connectivity index (χ4v) is 2.82. The van der Waals surface area contributed by atoms with Gasteiger partial charge in [0, 0.05) is 18.8 Å². The van der Waals surface area contributed by atoms with Crippen LogP contribution in [0.15, 0.2) is 12.4 Å². The van der Waals surface area contributed by atoms with Crippen molar-refractivity contribution in [1.82, 2.24) is 15.1 Å². The minimum Gasteiger partial charge on any atom is -0.465 e. The lowest BCUT2D eigenvalue weighted by atomic mass is 9.94. The highest BCUT2D eigenvalue weighted by molar-refractivity contribution is 14.1. The lowest BCUT2D eigenvalue weighted by Crippen LogP contribution is -2.53. The van der Waals surface area contributed by atoms with Gasteiger partial charge in [0.25, 0.3) is 0 Å². The Morgan fingerprint density at radius 2 is 2.24 bits per heavy atom.